The van der Waals surface area contributed by atoms with Gasteiger partial charge in [0.05, 0.1) is 31.9 Å². The first-order valence-corrected chi connectivity index (χ1v) is 10.6. The first-order chi connectivity index (χ1) is 15.0. The van der Waals surface area contributed by atoms with Gasteiger partial charge < -0.3 is 23.7 Å². The van der Waals surface area contributed by atoms with Gasteiger partial charge in [-0.3, -0.25) is 4.98 Å². The fourth-order valence-corrected chi connectivity index (χ4v) is 3.96. The minimum atomic E-state index is -0.432. The van der Waals surface area contributed by atoms with Crippen LogP contribution in [-0.2, 0) is 9.53 Å². The molecule has 31 heavy (non-hydrogen) atoms. The molecule has 7 nitrogen and oxygen atoms in total. The van der Waals surface area contributed by atoms with Gasteiger partial charge in [-0.1, -0.05) is 0 Å². The SMILES string of the molecule is CCOC(=O)/C(=C/c1cc(OC)c(OC)cc1I)c1ccnc2cc3c(cc12)OCO3. The smallest absolute Gasteiger partial charge is 0.338 e. The first kappa shape index (κ1) is 21.2. The Balaban J connectivity index is 1.92. The zero-order valence-corrected chi connectivity index (χ0v) is 19.4. The molecule has 4 rings (SSSR count). The van der Waals surface area contributed by atoms with Crippen molar-refractivity contribution in [3.05, 3.63) is 51.2 Å². The van der Waals surface area contributed by atoms with E-state index in [2.05, 4.69) is 27.6 Å². The summed E-state index contributed by atoms with van der Waals surface area (Å²) in [7, 11) is 3.16. The zero-order valence-electron chi connectivity index (χ0n) is 17.2. The molecule has 8 heteroatoms. The second kappa shape index (κ2) is 9.01. The highest BCUT2D eigenvalue weighted by molar-refractivity contribution is 14.1. The summed E-state index contributed by atoms with van der Waals surface area (Å²) in [5.74, 6) is 2.00. The third kappa shape index (κ3) is 4.12. The summed E-state index contributed by atoms with van der Waals surface area (Å²) in [6.07, 6.45) is 3.45. The van der Waals surface area contributed by atoms with Crippen LogP contribution >= 0.6 is 22.6 Å². The molecule has 2 heterocycles. The number of hydrogen-bond acceptors (Lipinski definition) is 7. The molecule has 0 unspecified atom stereocenters. The first-order valence-electron chi connectivity index (χ1n) is 9.54. The van der Waals surface area contributed by atoms with Crippen molar-refractivity contribution in [1.82, 2.24) is 4.98 Å². The Hall–Kier alpha value is -3.01. The van der Waals surface area contributed by atoms with Crippen molar-refractivity contribution in [1.29, 1.82) is 0 Å². The molecule has 2 aromatic carbocycles. The molecule has 0 fully saturated rings. The fraction of sp³-hybridized carbons (Fsp3) is 0.217. The standard InChI is InChI=1S/C23H20INO6/c1-4-29-23(26)16(7-13-8-19(27-2)20(28-3)10-17(13)24)14-5-6-25-18-11-22-21(9-15(14)18)30-12-31-22/h5-11H,4,12H2,1-3H3/b16-7+. The Morgan fingerprint density at radius 3 is 2.55 bits per heavy atom. The summed E-state index contributed by atoms with van der Waals surface area (Å²) in [6, 6.07) is 9.13. The van der Waals surface area contributed by atoms with Gasteiger partial charge in [-0.25, -0.2) is 4.79 Å². The molecule has 160 valence electrons. The van der Waals surface area contributed by atoms with Gasteiger partial charge in [-0.05, 0) is 65.4 Å². The molecule has 0 N–H and O–H groups in total. The number of pyridine rings is 1. The van der Waals surface area contributed by atoms with Crippen LogP contribution in [0.5, 0.6) is 23.0 Å². The van der Waals surface area contributed by atoms with Gasteiger partial charge in [0.25, 0.3) is 0 Å². The van der Waals surface area contributed by atoms with Crippen LogP contribution in [-0.4, -0.2) is 38.6 Å². The number of fused-ring (bicyclic) bond motifs is 2. The summed E-state index contributed by atoms with van der Waals surface area (Å²) in [4.78, 5) is 17.4. The quantitative estimate of drug-likeness (QED) is 0.259. The monoisotopic (exact) mass is 533 g/mol. The summed E-state index contributed by atoms with van der Waals surface area (Å²) >= 11 is 2.20. The summed E-state index contributed by atoms with van der Waals surface area (Å²) in [5, 5.41) is 0.765. The molecule has 0 spiro atoms. The van der Waals surface area contributed by atoms with Gasteiger partial charge in [-0.2, -0.15) is 0 Å². The van der Waals surface area contributed by atoms with Crippen LogP contribution in [0.4, 0.5) is 0 Å². The highest BCUT2D eigenvalue weighted by Crippen LogP contribution is 2.39. The lowest BCUT2D eigenvalue weighted by Gasteiger charge is -2.13. The summed E-state index contributed by atoms with van der Waals surface area (Å²) in [6.45, 7) is 2.19. The zero-order chi connectivity index (χ0) is 22.0. The van der Waals surface area contributed by atoms with Gasteiger partial charge >= 0.3 is 5.97 Å². The van der Waals surface area contributed by atoms with Crippen molar-refractivity contribution in [3.63, 3.8) is 0 Å². The summed E-state index contributed by atoms with van der Waals surface area (Å²) < 4.78 is 28.1. The molecular weight excluding hydrogens is 513 g/mol. The Kier molecular flexibility index (Phi) is 6.17. The van der Waals surface area contributed by atoms with Gasteiger partial charge in [0, 0.05) is 26.8 Å². The third-order valence-electron chi connectivity index (χ3n) is 4.82. The minimum Gasteiger partial charge on any atom is -0.493 e. The number of carbonyl (C=O) groups is 1. The van der Waals surface area contributed by atoms with E-state index >= 15 is 0 Å². The van der Waals surface area contributed by atoms with Crippen LogP contribution in [0.3, 0.4) is 0 Å². The average molecular weight is 533 g/mol. The lowest BCUT2D eigenvalue weighted by atomic mass is 9.98. The van der Waals surface area contributed by atoms with E-state index in [0.29, 0.717) is 39.7 Å². The predicted molar refractivity (Wildman–Crippen MR) is 125 cm³/mol. The van der Waals surface area contributed by atoms with E-state index in [1.165, 1.54) is 0 Å². The number of hydrogen-bond donors (Lipinski definition) is 0. The van der Waals surface area contributed by atoms with E-state index in [1.54, 1.807) is 39.5 Å². The van der Waals surface area contributed by atoms with Crippen LogP contribution in [0, 0.1) is 3.57 Å². The number of benzene rings is 2. The number of rotatable bonds is 6. The van der Waals surface area contributed by atoms with E-state index in [0.717, 1.165) is 14.5 Å². The maximum absolute atomic E-state index is 13.0. The van der Waals surface area contributed by atoms with Gasteiger partial charge in [-0.15, -0.1) is 0 Å². The van der Waals surface area contributed by atoms with Crippen molar-refractivity contribution < 1.29 is 28.5 Å². The van der Waals surface area contributed by atoms with Crippen molar-refractivity contribution in [2.45, 2.75) is 6.92 Å². The van der Waals surface area contributed by atoms with Crippen molar-refractivity contribution in [3.8, 4) is 23.0 Å². The number of nitrogens with zero attached hydrogens (tertiary/aromatic N) is 1. The van der Waals surface area contributed by atoms with Crippen LogP contribution in [0.15, 0.2) is 36.5 Å². The molecule has 0 saturated heterocycles. The predicted octanol–water partition coefficient (Wildman–Crippen LogP) is 4.69. The Morgan fingerprint density at radius 2 is 1.84 bits per heavy atom. The van der Waals surface area contributed by atoms with Gasteiger partial charge in [0.1, 0.15) is 0 Å². The normalized spacial score (nSPS) is 12.7. The maximum Gasteiger partial charge on any atom is 0.338 e. The number of ether oxygens (including phenoxy) is 5. The molecule has 1 aliphatic rings. The molecule has 0 saturated carbocycles. The number of methoxy groups -OCH3 is 2. The van der Waals surface area contributed by atoms with Crippen molar-refractivity contribution in [2.24, 2.45) is 0 Å². The van der Waals surface area contributed by atoms with Crippen molar-refractivity contribution in [2.75, 3.05) is 27.6 Å². The third-order valence-corrected chi connectivity index (χ3v) is 5.76. The van der Waals surface area contributed by atoms with E-state index in [-0.39, 0.29) is 13.4 Å². The van der Waals surface area contributed by atoms with E-state index in [1.807, 2.05) is 24.3 Å². The molecular formula is C23H20INO6. The molecule has 0 atom stereocenters. The summed E-state index contributed by atoms with van der Waals surface area (Å²) in [5.41, 5.74) is 2.58. The lowest BCUT2D eigenvalue weighted by molar-refractivity contribution is -0.136. The van der Waals surface area contributed by atoms with Crippen LogP contribution in [0.1, 0.15) is 18.1 Å². The highest BCUT2D eigenvalue weighted by atomic mass is 127. The molecule has 0 amide bonds. The average Bonchev–Trinajstić information content (AvgIpc) is 3.23. The number of esters is 1. The second-order valence-corrected chi connectivity index (χ2v) is 7.75. The van der Waals surface area contributed by atoms with Crippen LogP contribution < -0.4 is 18.9 Å². The topological polar surface area (TPSA) is 76.1 Å². The molecule has 0 radical (unpaired) electrons. The molecule has 1 aromatic heterocycles. The molecule has 3 aromatic rings. The lowest BCUT2D eigenvalue weighted by Crippen LogP contribution is -2.08. The van der Waals surface area contributed by atoms with Crippen molar-refractivity contribution >= 4 is 51.1 Å². The molecule has 1 aliphatic heterocycles. The highest BCUT2D eigenvalue weighted by Gasteiger charge is 2.21. The number of carbonyl (C=O) groups excluding carboxylic acids is 1. The maximum atomic E-state index is 13.0. The fourth-order valence-electron chi connectivity index (χ4n) is 3.36. The Labute approximate surface area is 193 Å². The van der Waals surface area contributed by atoms with Gasteiger partial charge in [0.15, 0.2) is 23.0 Å². The molecule has 0 aliphatic carbocycles. The van der Waals surface area contributed by atoms with E-state index < -0.39 is 5.97 Å². The Morgan fingerprint density at radius 1 is 1.13 bits per heavy atom. The number of halogens is 1. The number of aromatic nitrogens is 1. The largest absolute Gasteiger partial charge is 0.493 e. The van der Waals surface area contributed by atoms with Gasteiger partial charge in [0.2, 0.25) is 6.79 Å². The van der Waals surface area contributed by atoms with E-state index in [9.17, 15) is 4.79 Å². The van der Waals surface area contributed by atoms with E-state index in [4.69, 9.17) is 23.7 Å². The molecule has 0 bridgehead atoms. The minimum absolute atomic E-state index is 0.158. The second-order valence-electron chi connectivity index (χ2n) is 6.59. The van der Waals surface area contributed by atoms with Crippen LogP contribution in [0.25, 0.3) is 22.6 Å². The Bertz CT molecular complexity index is 1190. The van der Waals surface area contributed by atoms with Crippen LogP contribution in [0.2, 0.25) is 0 Å².